The van der Waals surface area contributed by atoms with E-state index in [1.165, 1.54) is 0 Å². The molecule has 0 radical (unpaired) electrons. The third kappa shape index (κ3) is 4.60. The maximum Gasteiger partial charge on any atom is 0.261 e. The van der Waals surface area contributed by atoms with Crippen LogP contribution in [0.4, 0.5) is 5.69 Å². The highest BCUT2D eigenvalue weighted by atomic mass is 32.2. The van der Waals surface area contributed by atoms with Gasteiger partial charge in [0.05, 0.1) is 36.4 Å². The Labute approximate surface area is 218 Å². The molecule has 3 aromatic rings. The Morgan fingerprint density at radius 3 is 2.27 bits per heavy atom. The predicted molar refractivity (Wildman–Crippen MR) is 146 cm³/mol. The first-order chi connectivity index (χ1) is 17.6. The second kappa shape index (κ2) is 9.50. The largest absolute Gasteiger partial charge is 0.493 e. The van der Waals surface area contributed by atoms with E-state index in [0.717, 1.165) is 47.2 Å². The number of hydrogen-bond acceptors (Lipinski definition) is 6. The molecule has 0 aromatic heterocycles. The van der Waals surface area contributed by atoms with Gasteiger partial charge in [-0.15, -0.1) is 0 Å². The van der Waals surface area contributed by atoms with Gasteiger partial charge in [-0.3, -0.25) is 9.71 Å². The Balaban J connectivity index is 1.52. The molecule has 1 fully saturated rings. The lowest BCUT2D eigenvalue weighted by atomic mass is 9.66. The van der Waals surface area contributed by atoms with Crippen LogP contribution in [0.15, 0.2) is 70.6 Å². The van der Waals surface area contributed by atoms with Crippen LogP contribution < -0.4 is 19.9 Å². The standard InChI is InChI=1S/C29H33N3O4S/c1-18-5-12-22(13-6-18)37(33,34)32-21-10-8-20(9-11-21)28-23-15-25(35-3)26(36-4)16-24(23)29(30)17-19(2)7-14-27(29)31-28/h5-6,8-13,15-16,19,27,32H,7,14,17,30H2,1-4H3/t19?,27-,29?/m1/s1. The lowest BCUT2D eigenvalue weighted by molar-refractivity contribution is 0.201. The Kier molecular flexibility index (Phi) is 6.50. The zero-order valence-corrected chi connectivity index (χ0v) is 22.4. The molecule has 2 unspecified atom stereocenters. The van der Waals surface area contributed by atoms with Crippen molar-refractivity contribution in [1.82, 2.24) is 0 Å². The van der Waals surface area contributed by atoms with E-state index in [-0.39, 0.29) is 10.9 Å². The molecule has 37 heavy (non-hydrogen) atoms. The van der Waals surface area contributed by atoms with Gasteiger partial charge in [-0.2, -0.15) is 0 Å². The zero-order valence-electron chi connectivity index (χ0n) is 21.6. The molecular weight excluding hydrogens is 486 g/mol. The van der Waals surface area contributed by atoms with Gasteiger partial charge < -0.3 is 15.2 Å². The third-order valence-electron chi connectivity index (χ3n) is 7.52. The molecule has 3 N–H and O–H groups in total. The summed E-state index contributed by atoms with van der Waals surface area (Å²) in [6, 6.07) is 18.0. The summed E-state index contributed by atoms with van der Waals surface area (Å²) in [4.78, 5) is 5.39. The van der Waals surface area contributed by atoms with E-state index in [1.807, 2.05) is 31.2 Å². The molecule has 0 spiro atoms. The van der Waals surface area contributed by atoms with Crippen molar-refractivity contribution >= 4 is 21.4 Å². The number of fused-ring (bicyclic) bond motifs is 3. The molecule has 1 heterocycles. The van der Waals surface area contributed by atoms with E-state index in [2.05, 4.69) is 11.6 Å². The maximum atomic E-state index is 12.8. The number of anilines is 1. The molecule has 0 bridgehead atoms. The molecule has 1 aliphatic carbocycles. The van der Waals surface area contributed by atoms with Crippen molar-refractivity contribution in [2.75, 3.05) is 18.9 Å². The number of nitrogens with zero attached hydrogens (tertiary/aromatic N) is 1. The first kappa shape index (κ1) is 25.3. The predicted octanol–water partition coefficient (Wildman–Crippen LogP) is 5.01. The van der Waals surface area contributed by atoms with Gasteiger partial charge in [0.15, 0.2) is 11.5 Å². The fourth-order valence-corrected chi connectivity index (χ4v) is 6.59. The summed E-state index contributed by atoms with van der Waals surface area (Å²) < 4.78 is 39.6. The fourth-order valence-electron chi connectivity index (χ4n) is 5.53. The number of nitrogens with two attached hydrogens (primary N) is 1. The topological polar surface area (TPSA) is 103 Å². The molecule has 0 amide bonds. The average Bonchev–Trinajstić information content (AvgIpc) is 2.88. The maximum absolute atomic E-state index is 12.8. The Bertz CT molecular complexity index is 1450. The minimum absolute atomic E-state index is 0.0518. The first-order valence-electron chi connectivity index (χ1n) is 12.5. The number of aliphatic imine (C=N–C) groups is 1. The Morgan fingerprint density at radius 2 is 1.62 bits per heavy atom. The number of aryl methyl sites for hydroxylation is 1. The van der Waals surface area contributed by atoms with E-state index < -0.39 is 15.6 Å². The number of methoxy groups -OCH3 is 2. The van der Waals surface area contributed by atoms with E-state index in [1.54, 1.807) is 50.6 Å². The van der Waals surface area contributed by atoms with Gasteiger partial charge in [-0.05, 0) is 74.1 Å². The van der Waals surface area contributed by atoms with Crippen LogP contribution in [0.5, 0.6) is 11.5 Å². The molecule has 3 atom stereocenters. The highest BCUT2D eigenvalue weighted by molar-refractivity contribution is 7.92. The van der Waals surface area contributed by atoms with Gasteiger partial charge >= 0.3 is 0 Å². The van der Waals surface area contributed by atoms with Gasteiger partial charge in [0.25, 0.3) is 10.0 Å². The Hall–Kier alpha value is -3.36. The van der Waals surface area contributed by atoms with Crippen LogP contribution in [0.1, 0.15) is 48.4 Å². The number of nitrogens with one attached hydrogen (secondary N) is 1. The van der Waals surface area contributed by atoms with Crippen LogP contribution in [0.3, 0.4) is 0 Å². The van der Waals surface area contributed by atoms with Crippen molar-refractivity contribution in [2.45, 2.75) is 49.6 Å². The smallest absolute Gasteiger partial charge is 0.261 e. The van der Waals surface area contributed by atoms with Crippen LogP contribution >= 0.6 is 0 Å². The molecule has 1 aliphatic heterocycles. The summed E-state index contributed by atoms with van der Waals surface area (Å²) in [7, 11) is -0.448. The van der Waals surface area contributed by atoms with Crippen molar-refractivity contribution < 1.29 is 17.9 Å². The number of benzene rings is 3. The second-order valence-corrected chi connectivity index (χ2v) is 11.9. The van der Waals surface area contributed by atoms with Crippen LogP contribution in [0.2, 0.25) is 0 Å². The quantitative estimate of drug-likeness (QED) is 0.477. The van der Waals surface area contributed by atoms with Gasteiger partial charge in [0.1, 0.15) is 0 Å². The van der Waals surface area contributed by atoms with E-state index in [4.69, 9.17) is 20.2 Å². The Morgan fingerprint density at radius 1 is 0.973 bits per heavy atom. The molecule has 2 aliphatic rings. The molecule has 8 heteroatoms. The molecule has 0 saturated heterocycles. The van der Waals surface area contributed by atoms with Crippen molar-refractivity contribution in [2.24, 2.45) is 16.6 Å². The zero-order chi connectivity index (χ0) is 26.4. The number of sulfonamides is 1. The number of hydrogen-bond donors (Lipinski definition) is 2. The summed E-state index contributed by atoms with van der Waals surface area (Å²) in [5.41, 5.74) is 11.6. The van der Waals surface area contributed by atoms with E-state index in [9.17, 15) is 8.42 Å². The van der Waals surface area contributed by atoms with E-state index >= 15 is 0 Å². The summed E-state index contributed by atoms with van der Waals surface area (Å²) in [5.74, 6) is 1.76. The summed E-state index contributed by atoms with van der Waals surface area (Å²) >= 11 is 0. The number of ether oxygens (including phenoxy) is 2. The average molecular weight is 520 g/mol. The van der Waals surface area contributed by atoms with Crippen molar-refractivity contribution in [1.29, 1.82) is 0 Å². The van der Waals surface area contributed by atoms with Crippen LogP contribution in [-0.2, 0) is 15.6 Å². The van der Waals surface area contributed by atoms with Crippen molar-refractivity contribution in [3.63, 3.8) is 0 Å². The minimum atomic E-state index is -3.69. The van der Waals surface area contributed by atoms with Gasteiger partial charge in [-0.1, -0.05) is 36.8 Å². The SMILES string of the molecule is COc1cc2c(cc1OC)C1(N)CC(C)CC[C@H]1N=C2c1ccc(NS(=O)(=O)c2ccc(C)cc2)cc1. The monoisotopic (exact) mass is 519 g/mol. The fraction of sp³-hybridized carbons (Fsp3) is 0.345. The third-order valence-corrected chi connectivity index (χ3v) is 8.92. The summed E-state index contributed by atoms with van der Waals surface area (Å²) in [6.07, 6.45) is 2.82. The number of rotatable bonds is 6. The van der Waals surface area contributed by atoms with Gasteiger partial charge in [-0.25, -0.2) is 8.42 Å². The first-order valence-corrected chi connectivity index (χ1v) is 14.0. The van der Waals surface area contributed by atoms with E-state index in [0.29, 0.717) is 23.1 Å². The second-order valence-electron chi connectivity index (χ2n) is 10.2. The lowest BCUT2D eigenvalue weighted by Crippen LogP contribution is -2.54. The molecular formula is C29H33N3O4S. The lowest BCUT2D eigenvalue weighted by Gasteiger charge is -2.46. The van der Waals surface area contributed by atoms with Gasteiger partial charge in [0.2, 0.25) is 0 Å². The molecule has 5 rings (SSSR count). The van der Waals surface area contributed by atoms with Crippen LogP contribution in [0, 0.1) is 12.8 Å². The molecule has 194 valence electrons. The molecule has 3 aromatic carbocycles. The highest BCUT2D eigenvalue weighted by Crippen LogP contribution is 2.47. The van der Waals surface area contributed by atoms with Crippen LogP contribution in [0.25, 0.3) is 0 Å². The minimum Gasteiger partial charge on any atom is -0.493 e. The highest BCUT2D eigenvalue weighted by Gasteiger charge is 2.46. The van der Waals surface area contributed by atoms with Crippen molar-refractivity contribution in [3.8, 4) is 11.5 Å². The normalized spacial score (nSPS) is 22.9. The van der Waals surface area contributed by atoms with Crippen LogP contribution in [-0.4, -0.2) is 34.4 Å². The summed E-state index contributed by atoms with van der Waals surface area (Å²) in [5, 5.41) is 0. The molecule has 1 saturated carbocycles. The van der Waals surface area contributed by atoms with Gasteiger partial charge in [0, 0.05) is 16.8 Å². The summed E-state index contributed by atoms with van der Waals surface area (Å²) in [6.45, 7) is 4.16. The van der Waals surface area contributed by atoms with Crippen molar-refractivity contribution in [3.05, 3.63) is 82.9 Å². The molecule has 7 nitrogen and oxygen atoms in total.